The first-order valence-electron chi connectivity index (χ1n) is 8.44. The number of aromatic hydroxyl groups is 1. The van der Waals surface area contributed by atoms with Crippen molar-refractivity contribution in [2.45, 2.75) is 65.2 Å². The molecule has 0 amide bonds. The lowest BCUT2D eigenvalue weighted by molar-refractivity contribution is -0.150. The van der Waals surface area contributed by atoms with E-state index in [1.54, 1.807) is 0 Å². The van der Waals surface area contributed by atoms with E-state index in [-0.39, 0.29) is 29.7 Å². The van der Waals surface area contributed by atoms with Gasteiger partial charge in [0.25, 0.3) is 0 Å². The average molecular weight is 343 g/mol. The van der Waals surface area contributed by atoms with Crippen molar-refractivity contribution < 1.29 is 23.8 Å². The minimum atomic E-state index is -0.534. The number of phenolic OH excluding ortho intramolecular Hbond substituents is 1. The monoisotopic (exact) mass is 343 g/mol. The Balaban J connectivity index is 0.000000447. The third-order valence-corrected chi connectivity index (χ3v) is 3.28. The van der Waals surface area contributed by atoms with Gasteiger partial charge in [0.2, 0.25) is 0 Å². The van der Waals surface area contributed by atoms with Crippen molar-refractivity contribution in [1.29, 1.82) is 0 Å². The van der Waals surface area contributed by atoms with Gasteiger partial charge in [0.1, 0.15) is 23.7 Å². The standard InChI is InChI=1S/C10H19NO3.C6H5FO.C2H6/c1-3-8-6-7(2)14-10(12)9(11)4-5-13-8;7-5-1-3-6(8)4-2-5;1-2/h7-9H,3-6,11H2,1-2H3;1-4,8H;1-2H3/t7?,8?,9-;;/m0../s1. The number of carbonyl (C=O) groups excluding carboxylic acids is 1. The van der Waals surface area contributed by atoms with Crippen LogP contribution in [-0.4, -0.2) is 35.9 Å². The highest BCUT2D eigenvalue weighted by Crippen LogP contribution is 2.13. The number of halogens is 1. The van der Waals surface area contributed by atoms with Gasteiger partial charge in [-0.1, -0.05) is 20.8 Å². The van der Waals surface area contributed by atoms with Crippen molar-refractivity contribution >= 4 is 5.97 Å². The Morgan fingerprint density at radius 3 is 2.38 bits per heavy atom. The number of phenols is 1. The molecule has 2 rings (SSSR count). The lowest BCUT2D eigenvalue weighted by Crippen LogP contribution is -2.34. The molecule has 24 heavy (non-hydrogen) atoms. The maximum atomic E-state index is 12.0. The molecule has 1 aromatic carbocycles. The highest BCUT2D eigenvalue weighted by molar-refractivity contribution is 5.75. The largest absolute Gasteiger partial charge is 0.508 e. The number of esters is 1. The van der Waals surface area contributed by atoms with Crippen LogP contribution in [0.15, 0.2) is 24.3 Å². The van der Waals surface area contributed by atoms with E-state index in [0.29, 0.717) is 13.0 Å². The van der Waals surface area contributed by atoms with Crippen molar-refractivity contribution in [2.75, 3.05) is 6.61 Å². The number of cyclic esters (lactones) is 1. The minimum absolute atomic E-state index is 0.0893. The minimum Gasteiger partial charge on any atom is -0.508 e. The summed E-state index contributed by atoms with van der Waals surface area (Å²) in [6, 6.07) is 4.48. The van der Waals surface area contributed by atoms with Gasteiger partial charge in [-0.05, 0) is 44.0 Å². The fourth-order valence-electron chi connectivity index (χ4n) is 1.98. The first-order chi connectivity index (χ1) is 11.4. The number of ether oxygens (including phenoxy) is 2. The molecule has 3 atom stereocenters. The van der Waals surface area contributed by atoms with E-state index in [0.717, 1.165) is 12.8 Å². The van der Waals surface area contributed by atoms with E-state index in [2.05, 4.69) is 6.92 Å². The maximum Gasteiger partial charge on any atom is 0.323 e. The summed E-state index contributed by atoms with van der Waals surface area (Å²) in [5.41, 5.74) is 5.61. The molecule has 1 aliphatic rings. The first-order valence-corrected chi connectivity index (χ1v) is 8.44. The van der Waals surface area contributed by atoms with Gasteiger partial charge in [0, 0.05) is 13.0 Å². The lowest BCUT2D eigenvalue weighted by atomic mass is 10.1. The van der Waals surface area contributed by atoms with E-state index >= 15 is 0 Å². The summed E-state index contributed by atoms with van der Waals surface area (Å²) in [7, 11) is 0. The van der Waals surface area contributed by atoms with Gasteiger partial charge in [0.05, 0.1) is 6.10 Å². The molecule has 1 saturated heterocycles. The molecule has 6 heteroatoms. The van der Waals surface area contributed by atoms with Gasteiger partial charge in [0.15, 0.2) is 0 Å². The van der Waals surface area contributed by atoms with Crippen LogP contribution in [0.3, 0.4) is 0 Å². The fourth-order valence-corrected chi connectivity index (χ4v) is 1.98. The van der Waals surface area contributed by atoms with Gasteiger partial charge in [-0.15, -0.1) is 0 Å². The molecule has 0 aliphatic carbocycles. The van der Waals surface area contributed by atoms with Crippen LogP contribution in [0, 0.1) is 5.82 Å². The van der Waals surface area contributed by atoms with E-state index in [1.165, 1.54) is 24.3 Å². The molecule has 2 unspecified atom stereocenters. The number of carbonyl (C=O) groups is 1. The molecule has 5 nitrogen and oxygen atoms in total. The van der Waals surface area contributed by atoms with Crippen LogP contribution >= 0.6 is 0 Å². The molecule has 1 fully saturated rings. The predicted octanol–water partition coefficient (Wildman–Crippen LogP) is 3.39. The van der Waals surface area contributed by atoms with Gasteiger partial charge in [-0.2, -0.15) is 0 Å². The molecule has 0 spiro atoms. The third-order valence-electron chi connectivity index (χ3n) is 3.28. The second-order valence-corrected chi connectivity index (χ2v) is 5.26. The summed E-state index contributed by atoms with van der Waals surface area (Å²) in [6.07, 6.45) is 2.33. The molecule has 0 saturated carbocycles. The van der Waals surface area contributed by atoms with Crippen LogP contribution in [0.2, 0.25) is 0 Å². The summed E-state index contributed by atoms with van der Waals surface area (Å²) < 4.78 is 22.7. The van der Waals surface area contributed by atoms with Crippen molar-refractivity contribution in [2.24, 2.45) is 5.73 Å². The number of hydrogen-bond donors (Lipinski definition) is 2. The quantitative estimate of drug-likeness (QED) is 0.764. The van der Waals surface area contributed by atoms with Crippen molar-refractivity contribution in [3.8, 4) is 5.75 Å². The number of hydrogen-bond acceptors (Lipinski definition) is 5. The van der Waals surface area contributed by atoms with Gasteiger partial charge in [-0.3, -0.25) is 4.79 Å². The topological polar surface area (TPSA) is 81.8 Å². The Bertz CT molecular complexity index is 432. The molecule has 1 aromatic rings. The summed E-state index contributed by atoms with van der Waals surface area (Å²) in [5.74, 6) is -0.549. The molecule has 0 aromatic heterocycles. The zero-order valence-corrected chi connectivity index (χ0v) is 15.0. The first kappa shape index (κ1) is 22.3. The molecule has 0 bridgehead atoms. The summed E-state index contributed by atoms with van der Waals surface area (Å²) in [6.45, 7) is 8.49. The van der Waals surface area contributed by atoms with Crippen LogP contribution in [-0.2, 0) is 14.3 Å². The summed E-state index contributed by atoms with van der Waals surface area (Å²) in [5, 5.41) is 8.59. The van der Waals surface area contributed by atoms with E-state index < -0.39 is 6.04 Å². The highest BCUT2D eigenvalue weighted by atomic mass is 19.1. The number of benzene rings is 1. The van der Waals surface area contributed by atoms with Crippen LogP contribution in [0.1, 0.15) is 47.0 Å². The Labute approximate surface area is 144 Å². The normalized spacial score (nSPS) is 23.9. The SMILES string of the molecule is CC.CCC1CC(C)OC(=O)[C@@H](N)CCO1.Oc1ccc(F)cc1. The maximum absolute atomic E-state index is 12.0. The molecule has 3 N–H and O–H groups in total. The van der Waals surface area contributed by atoms with Crippen molar-refractivity contribution in [3.05, 3.63) is 30.1 Å². The van der Waals surface area contributed by atoms with Gasteiger partial charge >= 0.3 is 5.97 Å². The second-order valence-electron chi connectivity index (χ2n) is 5.26. The summed E-state index contributed by atoms with van der Waals surface area (Å²) in [4.78, 5) is 11.3. The van der Waals surface area contributed by atoms with E-state index in [4.69, 9.17) is 20.3 Å². The lowest BCUT2D eigenvalue weighted by Gasteiger charge is -2.18. The van der Waals surface area contributed by atoms with Crippen LogP contribution in [0.25, 0.3) is 0 Å². The molecular weight excluding hydrogens is 313 g/mol. The van der Waals surface area contributed by atoms with Gasteiger partial charge in [-0.25, -0.2) is 4.39 Å². The van der Waals surface area contributed by atoms with Crippen molar-refractivity contribution in [3.63, 3.8) is 0 Å². The zero-order chi connectivity index (χ0) is 18.5. The average Bonchev–Trinajstić information content (AvgIpc) is 2.63. The van der Waals surface area contributed by atoms with E-state index in [1.807, 2.05) is 20.8 Å². The predicted molar refractivity (Wildman–Crippen MR) is 92.2 cm³/mol. The zero-order valence-electron chi connectivity index (χ0n) is 15.0. The molecule has 0 radical (unpaired) electrons. The van der Waals surface area contributed by atoms with E-state index in [9.17, 15) is 9.18 Å². The van der Waals surface area contributed by atoms with Gasteiger partial charge < -0.3 is 20.3 Å². The molecule has 1 heterocycles. The molecule has 1 aliphatic heterocycles. The summed E-state index contributed by atoms with van der Waals surface area (Å²) >= 11 is 0. The smallest absolute Gasteiger partial charge is 0.323 e. The molecular formula is C18H30FNO4. The van der Waals surface area contributed by atoms with Crippen molar-refractivity contribution in [1.82, 2.24) is 0 Å². The number of nitrogens with two attached hydrogens (primary N) is 1. The highest BCUT2D eigenvalue weighted by Gasteiger charge is 2.23. The molecule has 138 valence electrons. The number of rotatable bonds is 1. The Kier molecular flexibility index (Phi) is 11.8. The Morgan fingerprint density at radius 1 is 1.29 bits per heavy atom. The fraction of sp³-hybridized carbons (Fsp3) is 0.611. The van der Waals surface area contributed by atoms with Crippen LogP contribution in [0.4, 0.5) is 4.39 Å². The Morgan fingerprint density at radius 2 is 1.88 bits per heavy atom. The Hall–Kier alpha value is -1.66. The third kappa shape index (κ3) is 9.47. The second kappa shape index (κ2) is 12.7. The van der Waals surface area contributed by atoms with Crippen LogP contribution < -0.4 is 5.73 Å². The van der Waals surface area contributed by atoms with Crippen LogP contribution in [0.5, 0.6) is 5.75 Å².